The van der Waals surface area contributed by atoms with Crippen molar-refractivity contribution < 1.29 is 0 Å². The molecular weight excluding hydrogens is 148 g/mol. The van der Waals surface area contributed by atoms with Gasteiger partial charge in [-0.3, -0.25) is 4.68 Å². The highest BCUT2D eigenvalue weighted by Gasteiger charge is 1.91. The molecule has 0 aromatic carbocycles. The van der Waals surface area contributed by atoms with Gasteiger partial charge in [0.2, 0.25) is 0 Å². The van der Waals surface area contributed by atoms with E-state index < -0.39 is 0 Å². The fourth-order valence-corrected chi connectivity index (χ4v) is 0.586. The Kier molecular flexibility index (Phi) is 11.7. The summed E-state index contributed by atoms with van der Waals surface area (Å²) in [6.07, 6.45) is 3.75. The molecule has 72 valence electrons. The molecule has 0 saturated carbocycles. The zero-order chi connectivity index (χ0) is 9.98. The van der Waals surface area contributed by atoms with Crippen molar-refractivity contribution in [1.29, 1.82) is 0 Å². The molecule has 0 saturated heterocycles. The Hall–Kier alpha value is -0.790. The third-order valence-electron chi connectivity index (χ3n) is 1.05. The lowest BCUT2D eigenvalue weighted by Crippen LogP contribution is -1.99. The Morgan fingerprint density at radius 3 is 1.75 bits per heavy atom. The molecule has 0 spiro atoms. The first-order chi connectivity index (χ1) is 5.80. The van der Waals surface area contributed by atoms with E-state index in [9.17, 15) is 0 Å². The summed E-state index contributed by atoms with van der Waals surface area (Å²) in [5.74, 6) is 0. The summed E-state index contributed by atoms with van der Waals surface area (Å²) >= 11 is 0. The molecule has 0 radical (unpaired) electrons. The van der Waals surface area contributed by atoms with Gasteiger partial charge in [-0.15, -0.1) is 0 Å². The third kappa shape index (κ3) is 5.96. The van der Waals surface area contributed by atoms with Crippen LogP contribution in [0.3, 0.4) is 0 Å². The normalized spacial score (nSPS) is 7.92. The van der Waals surface area contributed by atoms with Crippen LogP contribution in [0, 0.1) is 0 Å². The van der Waals surface area contributed by atoms with Crippen LogP contribution in [0.25, 0.3) is 0 Å². The zero-order valence-electron chi connectivity index (χ0n) is 9.20. The zero-order valence-corrected chi connectivity index (χ0v) is 9.20. The monoisotopic (exact) mass is 170 g/mol. The van der Waals surface area contributed by atoms with Crippen molar-refractivity contribution in [2.45, 2.75) is 47.6 Å². The molecule has 0 N–H and O–H groups in total. The molecule has 1 aromatic heterocycles. The Balaban J connectivity index is 0. The van der Waals surface area contributed by atoms with Crippen molar-refractivity contribution in [3.05, 3.63) is 18.5 Å². The quantitative estimate of drug-likeness (QED) is 0.630. The molecule has 0 amide bonds. The van der Waals surface area contributed by atoms with Crippen molar-refractivity contribution in [1.82, 2.24) is 9.78 Å². The van der Waals surface area contributed by atoms with Gasteiger partial charge in [0.25, 0.3) is 0 Å². The Labute approximate surface area is 76.6 Å². The first-order valence-electron chi connectivity index (χ1n) is 4.80. The Morgan fingerprint density at radius 1 is 1.08 bits per heavy atom. The van der Waals surface area contributed by atoms with Crippen LogP contribution in [0.1, 0.15) is 47.6 Å². The second kappa shape index (κ2) is 10.2. The van der Waals surface area contributed by atoms with Crippen LogP contribution < -0.4 is 0 Å². The van der Waals surface area contributed by atoms with E-state index in [-0.39, 0.29) is 0 Å². The van der Waals surface area contributed by atoms with E-state index in [4.69, 9.17) is 0 Å². The van der Waals surface area contributed by atoms with Crippen molar-refractivity contribution in [2.75, 3.05) is 0 Å². The number of aromatic nitrogens is 2. The van der Waals surface area contributed by atoms with Crippen LogP contribution in [0.5, 0.6) is 0 Å². The molecule has 0 fully saturated rings. The highest BCUT2D eigenvalue weighted by molar-refractivity contribution is 4.79. The summed E-state index contributed by atoms with van der Waals surface area (Å²) in [7, 11) is 0. The van der Waals surface area contributed by atoms with Crippen molar-refractivity contribution in [3.8, 4) is 0 Å². The van der Waals surface area contributed by atoms with Crippen LogP contribution >= 0.6 is 0 Å². The lowest BCUT2D eigenvalue weighted by Gasteiger charge is -2.01. The molecule has 0 aliphatic carbocycles. The second-order valence-corrected chi connectivity index (χ2v) is 2.08. The topological polar surface area (TPSA) is 17.8 Å². The predicted molar refractivity (Wildman–Crippen MR) is 55.3 cm³/mol. The molecular formula is C10H22N2. The van der Waals surface area contributed by atoms with Crippen LogP contribution in [0.4, 0.5) is 0 Å². The minimum absolute atomic E-state index is 0.491. The average molecular weight is 170 g/mol. The van der Waals surface area contributed by atoms with E-state index in [1.165, 1.54) is 0 Å². The maximum absolute atomic E-state index is 4.03. The van der Waals surface area contributed by atoms with Gasteiger partial charge in [0.1, 0.15) is 0 Å². The molecule has 0 aliphatic rings. The average Bonchev–Trinajstić information content (AvgIpc) is 2.64. The maximum Gasteiger partial charge on any atom is 0.0489 e. The summed E-state index contributed by atoms with van der Waals surface area (Å²) < 4.78 is 1.92. The van der Waals surface area contributed by atoms with Gasteiger partial charge in [0.15, 0.2) is 0 Å². The van der Waals surface area contributed by atoms with Gasteiger partial charge in [-0.2, -0.15) is 5.10 Å². The van der Waals surface area contributed by atoms with Crippen LogP contribution in [-0.4, -0.2) is 9.78 Å². The number of hydrogen-bond donors (Lipinski definition) is 0. The molecule has 0 bridgehead atoms. The molecule has 2 nitrogen and oxygen atoms in total. The SMILES string of the molecule is CC.CC.CC(C)n1cccn1. The standard InChI is InChI=1S/C6H10N2.2C2H6/c1-6(2)8-5-3-4-7-8;2*1-2/h3-6H,1-2H3;2*1-2H3. The maximum atomic E-state index is 4.03. The summed E-state index contributed by atoms with van der Waals surface area (Å²) in [4.78, 5) is 0. The molecule has 1 rings (SSSR count). The minimum atomic E-state index is 0.491. The van der Waals surface area contributed by atoms with E-state index in [0.717, 1.165) is 0 Å². The van der Waals surface area contributed by atoms with Gasteiger partial charge in [0.05, 0.1) is 0 Å². The highest BCUT2D eigenvalue weighted by Crippen LogP contribution is 1.98. The summed E-state index contributed by atoms with van der Waals surface area (Å²) in [6.45, 7) is 12.2. The smallest absolute Gasteiger partial charge is 0.0489 e. The molecule has 1 aromatic rings. The van der Waals surface area contributed by atoms with E-state index in [1.54, 1.807) is 6.20 Å². The molecule has 0 unspecified atom stereocenters. The van der Waals surface area contributed by atoms with Crippen molar-refractivity contribution >= 4 is 0 Å². The molecule has 0 atom stereocenters. The fourth-order valence-electron chi connectivity index (χ4n) is 0.586. The summed E-state index contributed by atoms with van der Waals surface area (Å²) in [5.41, 5.74) is 0. The summed E-state index contributed by atoms with van der Waals surface area (Å²) in [6, 6.07) is 2.42. The predicted octanol–water partition coefficient (Wildman–Crippen LogP) is 3.52. The molecule has 0 aliphatic heterocycles. The van der Waals surface area contributed by atoms with Gasteiger partial charge >= 0.3 is 0 Å². The van der Waals surface area contributed by atoms with E-state index in [0.29, 0.717) is 6.04 Å². The highest BCUT2D eigenvalue weighted by atomic mass is 15.3. The van der Waals surface area contributed by atoms with E-state index >= 15 is 0 Å². The van der Waals surface area contributed by atoms with Gasteiger partial charge in [0, 0.05) is 18.4 Å². The van der Waals surface area contributed by atoms with Crippen molar-refractivity contribution in [3.63, 3.8) is 0 Å². The largest absolute Gasteiger partial charge is 0.270 e. The van der Waals surface area contributed by atoms with E-state index in [1.807, 2.05) is 44.6 Å². The van der Waals surface area contributed by atoms with E-state index in [2.05, 4.69) is 18.9 Å². The lowest BCUT2D eigenvalue weighted by molar-refractivity contribution is 0.532. The second-order valence-electron chi connectivity index (χ2n) is 2.08. The Bertz CT molecular complexity index is 143. The number of hydrogen-bond acceptors (Lipinski definition) is 1. The van der Waals surface area contributed by atoms with Gasteiger partial charge < -0.3 is 0 Å². The van der Waals surface area contributed by atoms with Gasteiger partial charge in [-0.05, 0) is 19.9 Å². The number of rotatable bonds is 1. The van der Waals surface area contributed by atoms with Gasteiger partial charge in [-0.25, -0.2) is 0 Å². The molecule has 2 heteroatoms. The van der Waals surface area contributed by atoms with Crippen LogP contribution in [-0.2, 0) is 0 Å². The lowest BCUT2D eigenvalue weighted by atomic mass is 10.4. The van der Waals surface area contributed by atoms with Crippen LogP contribution in [0.2, 0.25) is 0 Å². The third-order valence-corrected chi connectivity index (χ3v) is 1.05. The first-order valence-corrected chi connectivity index (χ1v) is 4.80. The Morgan fingerprint density at radius 2 is 1.58 bits per heavy atom. The number of nitrogens with zero attached hydrogens (tertiary/aromatic N) is 2. The van der Waals surface area contributed by atoms with Crippen molar-refractivity contribution in [2.24, 2.45) is 0 Å². The summed E-state index contributed by atoms with van der Waals surface area (Å²) in [5, 5.41) is 4.03. The van der Waals surface area contributed by atoms with Crippen LogP contribution in [0.15, 0.2) is 18.5 Å². The molecule has 12 heavy (non-hydrogen) atoms. The minimum Gasteiger partial charge on any atom is -0.270 e. The fraction of sp³-hybridized carbons (Fsp3) is 0.700. The van der Waals surface area contributed by atoms with Gasteiger partial charge in [-0.1, -0.05) is 27.7 Å². The molecule has 1 heterocycles. The first kappa shape index (κ1) is 13.8.